The molecule has 46 heavy (non-hydrogen) atoms. The minimum atomic E-state index is 0.880. The standard InChI is InChI=1S/C44H29NO/c1-2-11-30(12-3-1)31-21-25-35(26-22-31)45(36-27-23-33(24-28-36)38-19-10-15-32-13-4-6-16-37(32)38)41-29-34-14-5-7-17-39(34)43-40-18-8-9-20-42(40)46-44(41)43/h1-29H. The number of para-hydroxylation sites is 1. The Balaban J connectivity index is 1.26. The molecule has 0 N–H and O–H groups in total. The Morgan fingerprint density at radius 3 is 1.72 bits per heavy atom. The van der Waals surface area contributed by atoms with Gasteiger partial charge in [0.15, 0.2) is 5.58 Å². The minimum absolute atomic E-state index is 0.880. The first-order valence-electron chi connectivity index (χ1n) is 15.7. The second-order valence-electron chi connectivity index (χ2n) is 11.7. The number of fused-ring (bicyclic) bond motifs is 6. The molecule has 0 unspecified atom stereocenters. The van der Waals surface area contributed by atoms with Gasteiger partial charge in [0.25, 0.3) is 0 Å². The molecule has 0 fully saturated rings. The summed E-state index contributed by atoms with van der Waals surface area (Å²) >= 11 is 0. The highest BCUT2D eigenvalue weighted by Crippen LogP contribution is 2.46. The van der Waals surface area contributed by atoms with Crippen molar-refractivity contribution in [3.63, 3.8) is 0 Å². The summed E-state index contributed by atoms with van der Waals surface area (Å²) in [6, 6.07) is 62.6. The van der Waals surface area contributed by atoms with E-state index in [4.69, 9.17) is 4.42 Å². The second-order valence-corrected chi connectivity index (χ2v) is 11.7. The normalized spacial score (nSPS) is 11.5. The number of furan rings is 1. The van der Waals surface area contributed by atoms with Gasteiger partial charge in [-0.05, 0) is 80.2 Å². The van der Waals surface area contributed by atoms with Gasteiger partial charge in [0.05, 0.1) is 5.69 Å². The van der Waals surface area contributed by atoms with E-state index in [1.807, 2.05) is 6.07 Å². The summed E-state index contributed by atoms with van der Waals surface area (Å²) in [7, 11) is 0. The van der Waals surface area contributed by atoms with Crippen molar-refractivity contribution >= 4 is 60.5 Å². The monoisotopic (exact) mass is 587 g/mol. The average molecular weight is 588 g/mol. The lowest BCUT2D eigenvalue weighted by Gasteiger charge is -2.26. The third-order valence-electron chi connectivity index (χ3n) is 9.05. The fraction of sp³-hybridized carbons (Fsp3) is 0. The molecule has 0 aliphatic rings. The summed E-state index contributed by atoms with van der Waals surface area (Å²) in [5.74, 6) is 0. The highest BCUT2D eigenvalue weighted by molar-refractivity contribution is 6.23. The van der Waals surface area contributed by atoms with Crippen molar-refractivity contribution in [2.24, 2.45) is 0 Å². The summed E-state index contributed by atoms with van der Waals surface area (Å²) in [6.07, 6.45) is 0. The largest absolute Gasteiger partial charge is 0.454 e. The van der Waals surface area contributed by atoms with Crippen LogP contribution in [0.25, 0.3) is 65.7 Å². The molecular weight excluding hydrogens is 558 g/mol. The van der Waals surface area contributed by atoms with E-state index in [0.29, 0.717) is 0 Å². The molecule has 0 aliphatic heterocycles. The van der Waals surface area contributed by atoms with Gasteiger partial charge >= 0.3 is 0 Å². The maximum Gasteiger partial charge on any atom is 0.160 e. The molecule has 1 aromatic heterocycles. The van der Waals surface area contributed by atoms with Gasteiger partial charge in [-0.1, -0.05) is 140 Å². The van der Waals surface area contributed by atoms with Gasteiger partial charge in [0.2, 0.25) is 0 Å². The van der Waals surface area contributed by atoms with Crippen LogP contribution in [0.15, 0.2) is 180 Å². The van der Waals surface area contributed by atoms with Crippen LogP contribution < -0.4 is 4.90 Å². The Labute approximate surface area is 267 Å². The minimum Gasteiger partial charge on any atom is -0.454 e. The van der Waals surface area contributed by atoms with E-state index in [1.165, 1.54) is 43.8 Å². The second kappa shape index (κ2) is 10.8. The molecule has 0 radical (unpaired) electrons. The maximum absolute atomic E-state index is 6.71. The molecule has 0 saturated carbocycles. The Hall–Kier alpha value is -6.12. The molecule has 8 aromatic carbocycles. The predicted octanol–water partition coefficient (Wildman–Crippen LogP) is 12.7. The Kier molecular flexibility index (Phi) is 6.17. The molecule has 9 aromatic rings. The SMILES string of the molecule is c1ccc(-c2ccc(N(c3ccc(-c4cccc5ccccc45)cc3)c3cc4ccccc4c4c3oc3ccccc34)cc2)cc1. The van der Waals surface area contributed by atoms with Crippen molar-refractivity contribution in [3.8, 4) is 22.3 Å². The lowest BCUT2D eigenvalue weighted by Crippen LogP contribution is -2.10. The van der Waals surface area contributed by atoms with Crippen molar-refractivity contribution in [1.29, 1.82) is 0 Å². The van der Waals surface area contributed by atoms with Gasteiger partial charge in [0, 0.05) is 22.1 Å². The van der Waals surface area contributed by atoms with Gasteiger partial charge in [-0.15, -0.1) is 0 Å². The molecule has 0 bridgehead atoms. The first kappa shape index (κ1) is 26.3. The number of rotatable bonds is 5. The van der Waals surface area contributed by atoms with Crippen LogP contribution in [-0.2, 0) is 0 Å². The first-order valence-corrected chi connectivity index (χ1v) is 15.7. The molecule has 2 heteroatoms. The zero-order chi connectivity index (χ0) is 30.5. The molecule has 0 spiro atoms. The van der Waals surface area contributed by atoms with Crippen molar-refractivity contribution in [2.75, 3.05) is 4.90 Å². The zero-order valence-corrected chi connectivity index (χ0v) is 25.1. The lowest BCUT2D eigenvalue weighted by molar-refractivity contribution is 0.669. The molecule has 0 aliphatic carbocycles. The summed E-state index contributed by atoms with van der Waals surface area (Å²) in [5.41, 5.74) is 9.71. The average Bonchev–Trinajstić information content (AvgIpc) is 3.53. The number of hydrogen-bond donors (Lipinski definition) is 0. The van der Waals surface area contributed by atoms with Gasteiger partial charge in [0.1, 0.15) is 5.58 Å². The van der Waals surface area contributed by atoms with Crippen LogP contribution in [0.5, 0.6) is 0 Å². The number of benzene rings is 8. The van der Waals surface area contributed by atoms with Crippen LogP contribution in [0.2, 0.25) is 0 Å². The van der Waals surface area contributed by atoms with Crippen LogP contribution in [0.4, 0.5) is 17.1 Å². The topological polar surface area (TPSA) is 16.4 Å². The fourth-order valence-electron chi connectivity index (χ4n) is 6.85. The van der Waals surface area contributed by atoms with E-state index in [2.05, 4.69) is 175 Å². The summed E-state index contributed by atoms with van der Waals surface area (Å²) in [6.45, 7) is 0. The lowest BCUT2D eigenvalue weighted by atomic mass is 9.97. The van der Waals surface area contributed by atoms with E-state index in [1.54, 1.807) is 0 Å². The quantitative estimate of drug-likeness (QED) is 0.199. The van der Waals surface area contributed by atoms with Crippen molar-refractivity contribution in [3.05, 3.63) is 176 Å². The van der Waals surface area contributed by atoms with Crippen LogP contribution in [0, 0.1) is 0 Å². The van der Waals surface area contributed by atoms with E-state index in [-0.39, 0.29) is 0 Å². The van der Waals surface area contributed by atoms with Crippen molar-refractivity contribution in [1.82, 2.24) is 0 Å². The highest BCUT2D eigenvalue weighted by Gasteiger charge is 2.22. The zero-order valence-electron chi connectivity index (χ0n) is 25.1. The van der Waals surface area contributed by atoms with Crippen LogP contribution in [-0.4, -0.2) is 0 Å². The van der Waals surface area contributed by atoms with Gasteiger partial charge < -0.3 is 9.32 Å². The number of hydrogen-bond acceptors (Lipinski definition) is 2. The van der Waals surface area contributed by atoms with Crippen molar-refractivity contribution in [2.45, 2.75) is 0 Å². The van der Waals surface area contributed by atoms with E-state index in [9.17, 15) is 0 Å². The molecule has 0 amide bonds. The van der Waals surface area contributed by atoms with Gasteiger partial charge in [-0.2, -0.15) is 0 Å². The predicted molar refractivity (Wildman–Crippen MR) is 194 cm³/mol. The van der Waals surface area contributed by atoms with E-state index in [0.717, 1.165) is 39.0 Å². The van der Waals surface area contributed by atoms with Crippen molar-refractivity contribution < 1.29 is 4.42 Å². The summed E-state index contributed by atoms with van der Waals surface area (Å²) in [5, 5.41) is 7.13. The molecule has 0 atom stereocenters. The molecule has 0 saturated heterocycles. The summed E-state index contributed by atoms with van der Waals surface area (Å²) < 4.78 is 6.71. The number of anilines is 3. The first-order chi connectivity index (χ1) is 22.8. The fourth-order valence-corrected chi connectivity index (χ4v) is 6.85. The van der Waals surface area contributed by atoms with Crippen LogP contribution in [0.1, 0.15) is 0 Å². The third kappa shape index (κ3) is 4.35. The Morgan fingerprint density at radius 2 is 0.957 bits per heavy atom. The Morgan fingerprint density at radius 1 is 0.391 bits per heavy atom. The van der Waals surface area contributed by atoms with Gasteiger partial charge in [-0.25, -0.2) is 0 Å². The maximum atomic E-state index is 6.71. The molecular formula is C44H29NO. The molecule has 216 valence electrons. The van der Waals surface area contributed by atoms with E-state index < -0.39 is 0 Å². The molecule has 9 rings (SSSR count). The molecule has 2 nitrogen and oxygen atoms in total. The smallest absolute Gasteiger partial charge is 0.160 e. The Bertz CT molecular complexity index is 2500. The highest BCUT2D eigenvalue weighted by atomic mass is 16.3. The third-order valence-corrected chi connectivity index (χ3v) is 9.05. The van der Waals surface area contributed by atoms with E-state index >= 15 is 0 Å². The number of nitrogens with zero attached hydrogens (tertiary/aromatic N) is 1. The van der Waals surface area contributed by atoms with Crippen LogP contribution in [0.3, 0.4) is 0 Å². The van der Waals surface area contributed by atoms with Crippen LogP contribution >= 0.6 is 0 Å². The summed E-state index contributed by atoms with van der Waals surface area (Å²) in [4.78, 5) is 2.33. The van der Waals surface area contributed by atoms with Gasteiger partial charge in [-0.3, -0.25) is 0 Å². The molecule has 1 heterocycles.